The highest BCUT2D eigenvalue weighted by atomic mass is 35.5. The predicted molar refractivity (Wildman–Crippen MR) is 113 cm³/mol. The number of anilines is 1. The molecule has 0 aliphatic carbocycles. The van der Waals surface area contributed by atoms with Gasteiger partial charge in [-0.15, -0.1) is 0 Å². The Morgan fingerprint density at radius 3 is 2.62 bits per heavy atom. The number of rotatable bonds is 6. The first-order chi connectivity index (χ1) is 13.9. The number of halogens is 1. The van der Waals surface area contributed by atoms with Crippen molar-refractivity contribution in [2.24, 2.45) is 0 Å². The third kappa shape index (κ3) is 4.84. The molecule has 0 saturated carbocycles. The molecule has 0 unspecified atom stereocenters. The number of aromatic nitrogens is 1. The van der Waals surface area contributed by atoms with Gasteiger partial charge in [-0.3, -0.25) is 9.78 Å². The Hall–Kier alpha value is -3.12. The largest absolute Gasteiger partial charge is 0.495 e. The fourth-order valence-electron chi connectivity index (χ4n) is 2.83. The van der Waals surface area contributed by atoms with E-state index in [-0.39, 0.29) is 5.92 Å². The van der Waals surface area contributed by atoms with Crippen molar-refractivity contribution < 1.29 is 19.1 Å². The first-order valence-corrected chi connectivity index (χ1v) is 9.47. The summed E-state index contributed by atoms with van der Waals surface area (Å²) in [6.07, 6.45) is 0. The highest BCUT2D eigenvalue weighted by Crippen LogP contribution is 2.27. The average molecular weight is 413 g/mol. The lowest BCUT2D eigenvalue weighted by Gasteiger charge is -2.12. The minimum absolute atomic E-state index is 0.143. The van der Waals surface area contributed by atoms with Gasteiger partial charge in [-0.05, 0) is 36.2 Å². The maximum atomic E-state index is 12.7. The minimum atomic E-state index is -0.585. The molecule has 0 bridgehead atoms. The van der Waals surface area contributed by atoms with Crippen LogP contribution in [-0.2, 0) is 9.53 Å². The molecule has 0 spiro atoms. The van der Waals surface area contributed by atoms with Crippen LogP contribution in [0.25, 0.3) is 10.9 Å². The molecule has 1 N–H and O–H groups in total. The third-order valence-electron chi connectivity index (χ3n) is 4.32. The number of nitrogens with zero attached hydrogens (tertiary/aromatic N) is 1. The van der Waals surface area contributed by atoms with Gasteiger partial charge in [0.2, 0.25) is 0 Å². The number of pyridine rings is 1. The van der Waals surface area contributed by atoms with E-state index in [4.69, 9.17) is 21.1 Å². The second-order valence-corrected chi connectivity index (χ2v) is 7.17. The maximum absolute atomic E-state index is 12.7. The number of hydrogen-bond acceptors (Lipinski definition) is 5. The van der Waals surface area contributed by atoms with Gasteiger partial charge in [0.1, 0.15) is 5.75 Å². The summed E-state index contributed by atoms with van der Waals surface area (Å²) in [5.74, 6) is -0.486. The van der Waals surface area contributed by atoms with Crippen molar-refractivity contribution in [1.29, 1.82) is 0 Å². The molecule has 0 fully saturated rings. The van der Waals surface area contributed by atoms with Gasteiger partial charge >= 0.3 is 5.97 Å². The Balaban J connectivity index is 1.76. The van der Waals surface area contributed by atoms with Crippen LogP contribution in [0.4, 0.5) is 5.69 Å². The Labute approximate surface area is 173 Å². The number of fused-ring (bicyclic) bond motifs is 1. The van der Waals surface area contributed by atoms with Crippen LogP contribution in [0.1, 0.15) is 35.8 Å². The Kier molecular flexibility index (Phi) is 6.34. The molecule has 0 saturated heterocycles. The molecule has 1 aromatic heterocycles. The lowest BCUT2D eigenvalue weighted by molar-refractivity contribution is -0.119. The fraction of sp³-hybridized carbons (Fsp3) is 0.227. The third-order valence-corrected chi connectivity index (χ3v) is 4.55. The van der Waals surface area contributed by atoms with E-state index in [2.05, 4.69) is 10.3 Å². The van der Waals surface area contributed by atoms with Crippen molar-refractivity contribution in [3.8, 4) is 5.75 Å². The van der Waals surface area contributed by atoms with E-state index in [1.807, 2.05) is 32.0 Å². The van der Waals surface area contributed by atoms with Crippen molar-refractivity contribution >= 4 is 40.1 Å². The average Bonchev–Trinajstić information content (AvgIpc) is 2.71. The van der Waals surface area contributed by atoms with Gasteiger partial charge in [0.15, 0.2) is 6.61 Å². The zero-order chi connectivity index (χ0) is 21.0. The van der Waals surface area contributed by atoms with Crippen LogP contribution < -0.4 is 10.1 Å². The number of para-hydroxylation sites is 1. The summed E-state index contributed by atoms with van der Waals surface area (Å²) in [4.78, 5) is 29.5. The molecule has 0 atom stereocenters. The van der Waals surface area contributed by atoms with Gasteiger partial charge in [0.25, 0.3) is 5.91 Å². The SMILES string of the molecule is COc1ccc(Cl)cc1NC(=O)COC(=O)c1cc(C(C)C)nc2ccccc12. The summed E-state index contributed by atoms with van der Waals surface area (Å²) in [7, 11) is 1.49. The minimum Gasteiger partial charge on any atom is -0.495 e. The predicted octanol–water partition coefficient (Wildman–Crippen LogP) is 4.82. The highest BCUT2D eigenvalue weighted by molar-refractivity contribution is 6.31. The van der Waals surface area contributed by atoms with Crippen molar-refractivity contribution in [2.75, 3.05) is 19.0 Å². The molecule has 3 aromatic rings. The molecular weight excluding hydrogens is 392 g/mol. The highest BCUT2D eigenvalue weighted by Gasteiger charge is 2.17. The topological polar surface area (TPSA) is 77.5 Å². The van der Waals surface area contributed by atoms with Crippen LogP contribution in [0, 0.1) is 0 Å². The summed E-state index contributed by atoms with van der Waals surface area (Å²) >= 11 is 5.96. The Morgan fingerprint density at radius 1 is 1.14 bits per heavy atom. The van der Waals surface area contributed by atoms with E-state index >= 15 is 0 Å². The van der Waals surface area contributed by atoms with Crippen LogP contribution in [0.5, 0.6) is 5.75 Å². The quantitative estimate of drug-likeness (QED) is 0.587. The Bertz CT molecular complexity index is 1070. The van der Waals surface area contributed by atoms with Gasteiger partial charge in [-0.25, -0.2) is 4.79 Å². The van der Waals surface area contributed by atoms with Gasteiger partial charge in [-0.2, -0.15) is 0 Å². The normalized spacial score (nSPS) is 10.8. The molecule has 150 valence electrons. The second-order valence-electron chi connectivity index (χ2n) is 6.74. The number of esters is 1. The van der Waals surface area contributed by atoms with E-state index in [9.17, 15) is 9.59 Å². The maximum Gasteiger partial charge on any atom is 0.339 e. The molecule has 7 heteroatoms. The van der Waals surface area contributed by atoms with Crippen molar-refractivity contribution in [3.05, 3.63) is 64.8 Å². The molecule has 0 radical (unpaired) electrons. The van der Waals surface area contributed by atoms with E-state index < -0.39 is 18.5 Å². The van der Waals surface area contributed by atoms with Gasteiger partial charge in [0, 0.05) is 16.1 Å². The summed E-state index contributed by atoms with van der Waals surface area (Å²) in [5.41, 5.74) is 2.27. The lowest BCUT2D eigenvalue weighted by Crippen LogP contribution is -2.21. The first-order valence-electron chi connectivity index (χ1n) is 9.09. The number of amides is 1. The van der Waals surface area contributed by atoms with Gasteiger partial charge in [-0.1, -0.05) is 43.6 Å². The zero-order valence-corrected chi connectivity index (χ0v) is 17.1. The van der Waals surface area contributed by atoms with Crippen molar-refractivity contribution in [2.45, 2.75) is 19.8 Å². The smallest absolute Gasteiger partial charge is 0.339 e. The number of carbonyl (C=O) groups is 2. The lowest BCUT2D eigenvalue weighted by atomic mass is 10.0. The Morgan fingerprint density at radius 2 is 1.90 bits per heavy atom. The zero-order valence-electron chi connectivity index (χ0n) is 16.4. The number of carbonyl (C=O) groups excluding carboxylic acids is 2. The van der Waals surface area contributed by atoms with Crippen LogP contribution in [-0.4, -0.2) is 30.6 Å². The number of nitrogens with one attached hydrogen (secondary N) is 1. The molecule has 0 aliphatic rings. The standard InChI is InChI=1S/C22H21ClN2O4/c1-13(2)18-11-16(15-6-4-5-7-17(15)24-18)22(27)29-12-21(26)25-19-10-14(23)8-9-20(19)28-3/h4-11,13H,12H2,1-3H3,(H,25,26). The number of methoxy groups -OCH3 is 1. The van der Waals surface area contributed by atoms with Crippen LogP contribution >= 0.6 is 11.6 Å². The second kappa shape index (κ2) is 8.92. The number of ether oxygens (including phenoxy) is 2. The fourth-order valence-corrected chi connectivity index (χ4v) is 3.01. The molecule has 3 rings (SSSR count). The van der Waals surface area contributed by atoms with E-state index in [0.29, 0.717) is 32.9 Å². The first kappa shape index (κ1) is 20.6. The molecule has 6 nitrogen and oxygen atoms in total. The number of hydrogen-bond donors (Lipinski definition) is 1. The van der Waals surface area contributed by atoms with Crippen LogP contribution in [0.3, 0.4) is 0 Å². The van der Waals surface area contributed by atoms with Crippen LogP contribution in [0.2, 0.25) is 5.02 Å². The van der Waals surface area contributed by atoms with Crippen molar-refractivity contribution in [1.82, 2.24) is 4.98 Å². The summed E-state index contributed by atoms with van der Waals surface area (Å²) < 4.78 is 10.4. The molecule has 29 heavy (non-hydrogen) atoms. The van der Waals surface area contributed by atoms with Crippen LogP contribution in [0.15, 0.2) is 48.5 Å². The molecular formula is C22H21ClN2O4. The molecule has 1 amide bonds. The summed E-state index contributed by atoms with van der Waals surface area (Å²) in [5, 5.41) is 3.76. The summed E-state index contributed by atoms with van der Waals surface area (Å²) in [6.45, 7) is 3.55. The van der Waals surface area contributed by atoms with E-state index in [1.54, 1.807) is 30.3 Å². The molecule has 2 aromatic carbocycles. The van der Waals surface area contributed by atoms with E-state index in [0.717, 1.165) is 5.69 Å². The number of benzene rings is 2. The molecule has 1 heterocycles. The van der Waals surface area contributed by atoms with Gasteiger partial charge < -0.3 is 14.8 Å². The van der Waals surface area contributed by atoms with E-state index in [1.165, 1.54) is 7.11 Å². The summed E-state index contributed by atoms with van der Waals surface area (Å²) in [6, 6.07) is 13.9. The monoisotopic (exact) mass is 412 g/mol. The van der Waals surface area contributed by atoms with Gasteiger partial charge in [0.05, 0.1) is 23.9 Å². The van der Waals surface area contributed by atoms with Crippen molar-refractivity contribution in [3.63, 3.8) is 0 Å². The molecule has 0 aliphatic heterocycles.